The molecule has 7 nitrogen and oxygen atoms in total. The van der Waals surface area contributed by atoms with E-state index in [1.165, 1.54) is 18.4 Å². The zero-order valence-corrected chi connectivity index (χ0v) is 21.4. The average molecular weight is 563 g/mol. The lowest BCUT2D eigenvalue weighted by atomic mass is 9.85. The minimum atomic E-state index is -4.55. The Hall–Kier alpha value is -2.69. The highest BCUT2D eigenvalue weighted by Crippen LogP contribution is 2.43. The van der Waals surface area contributed by atoms with Crippen molar-refractivity contribution in [2.45, 2.75) is 51.4 Å². The summed E-state index contributed by atoms with van der Waals surface area (Å²) >= 11 is 3.70. The van der Waals surface area contributed by atoms with Crippen LogP contribution in [-0.4, -0.2) is 50.2 Å². The van der Waals surface area contributed by atoms with Gasteiger partial charge in [0.05, 0.1) is 22.2 Å². The summed E-state index contributed by atoms with van der Waals surface area (Å²) in [6.07, 6.45) is 0.464. The Balaban J connectivity index is 1.18. The molecule has 0 bridgehead atoms. The van der Waals surface area contributed by atoms with Gasteiger partial charge in [0.2, 0.25) is 11.7 Å². The highest BCUT2D eigenvalue weighted by Gasteiger charge is 2.41. The number of hydrogen-bond acceptors (Lipinski definition) is 5. The number of nitrogens with zero attached hydrogens (tertiary/aromatic N) is 6. The van der Waals surface area contributed by atoms with Crippen molar-refractivity contribution in [3.63, 3.8) is 0 Å². The summed E-state index contributed by atoms with van der Waals surface area (Å²) in [6, 6.07) is 6.57. The number of halogens is 4. The van der Waals surface area contributed by atoms with Crippen LogP contribution >= 0.6 is 15.9 Å². The van der Waals surface area contributed by atoms with Crippen LogP contribution in [0, 0.1) is 11.8 Å². The van der Waals surface area contributed by atoms with Gasteiger partial charge in [-0.1, -0.05) is 19.1 Å². The van der Waals surface area contributed by atoms with Crippen molar-refractivity contribution >= 4 is 38.4 Å². The molecule has 4 heterocycles. The number of anilines is 1. The Labute approximate surface area is 214 Å². The topological polar surface area (TPSA) is 67.2 Å². The van der Waals surface area contributed by atoms with Gasteiger partial charge in [0.1, 0.15) is 0 Å². The van der Waals surface area contributed by atoms with Gasteiger partial charge in [0.15, 0.2) is 5.82 Å². The number of fused-ring (bicyclic) bond motifs is 2. The first-order valence-corrected chi connectivity index (χ1v) is 13.1. The van der Waals surface area contributed by atoms with Gasteiger partial charge in [-0.25, -0.2) is 0 Å². The Bertz CT molecular complexity index is 1340. The smallest absolute Gasteiger partial charge is 0.370 e. The molecule has 3 aliphatic rings. The molecule has 1 aliphatic carbocycles. The monoisotopic (exact) mass is 562 g/mol. The normalized spacial score (nSPS) is 22.7. The van der Waals surface area contributed by atoms with Gasteiger partial charge in [-0.05, 0) is 58.7 Å². The molecular formula is C25H26BrF3N6O. The van der Waals surface area contributed by atoms with Crippen molar-refractivity contribution in [1.82, 2.24) is 24.6 Å². The van der Waals surface area contributed by atoms with Crippen molar-refractivity contribution in [3.05, 3.63) is 46.1 Å². The molecule has 2 aromatic heterocycles. The van der Waals surface area contributed by atoms with E-state index in [4.69, 9.17) is 0 Å². The predicted molar refractivity (Wildman–Crippen MR) is 131 cm³/mol. The Kier molecular flexibility index (Phi) is 5.73. The molecule has 0 spiro atoms. The van der Waals surface area contributed by atoms with Crippen molar-refractivity contribution in [2.24, 2.45) is 11.8 Å². The number of carbonyl (C=O) groups excluding carboxylic acids is 1. The number of pyridine rings is 1. The molecule has 2 aliphatic heterocycles. The molecule has 2 atom stereocenters. The fourth-order valence-electron chi connectivity index (χ4n) is 5.67. The number of rotatable bonds is 3. The first-order valence-electron chi connectivity index (χ1n) is 12.3. The number of aromatic nitrogens is 4. The molecule has 2 fully saturated rings. The van der Waals surface area contributed by atoms with E-state index in [0.717, 1.165) is 25.6 Å². The third-order valence-electron chi connectivity index (χ3n) is 7.73. The molecule has 2 unspecified atom stereocenters. The van der Waals surface area contributed by atoms with Crippen LogP contribution in [0.25, 0.3) is 10.9 Å². The Morgan fingerprint density at radius 3 is 2.64 bits per heavy atom. The van der Waals surface area contributed by atoms with Crippen molar-refractivity contribution < 1.29 is 18.0 Å². The lowest BCUT2D eigenvalue weighted by Gasteiger charge is -2.40. The number of piperidine rings is 1. The van der Waals surface area contributed by atoms with Crippen LogP contribution < -0.4 is 4.90 Å². The fraction of sp³-hybridized carbons (Fsp3) is 0.520. The van der Waals surface area contributed by atoms with E-state index >= 15 is 0 Å². The highest BCUT2D eigenvalue weighted by atomic mass is 79.9. The zero-order valence-electron chi connectivity index (χ0n) is 19.8. The van der Waals surface area contributed by atoms with Gasteiger partial charge in [0, 0.05) is 43.7 Å². The lowest BCUT2D eigenvalue weighted by Crippen LogP contribution is -2.49. The summed E-state index contributed by atoms with van der Waals surface area (Å²) in [7, 11) is 0. The molecule has 1 saturated heterocycles. The maximum Gasteiger partial charge on any atom is 0.451 e. The van der Waals surface area contributed by atoms with Gasteiger partial charge in [-0.2, -0.15) is 13.2 Å². The van der Waals surface area contributed by atoms with Gasteiger partial charge in [-0.15, -0.1) is 10.2 Å². The number of alkyl halides is 3. The van der Waals surface area contributed by atoms with E-state index in [-0.39, 0.29) is 43.2 Å². The molecule has 1 aromatic carbocycles. The molecule has 1 amide bonds. The zero-order chi connectivity index (χ0) is 25.2. The second-order valence-electron chi connectivity index (χ2n) is 10.2. The van der Waals surface area contributed by atoms with Crippen molar-refractivity contribution in [2.75, 3.05) is 24.5 Å². The standard InChI is InChI=1S/C25H26BrF3N6O/c1-14-12-33(22-18-5-4-16(15-2-3-15)10-20(18)30-11-19(22)26)7-6-17(14)23(36)34-8-9-35-21(13-34)31-32-24(35)25(27,28)29/h4-5,10-11,14-15,17H,2-3,6-9,12-13H2,1H3. The summed E-state index contributed by atoms with van der Waals surface area (Å²) in [5.74, 6) is -0.273. The summed E-state index contributed by atoms with van der Waals surface area (Å²) in [4.78, 5) is 22.0. The molecule has 6 rings (SSSR count). The number of carbonyl (C=O) groups is 1. The summed E-state index contributed by atoms with van der Waals surface area (Å²) in [5, 5.41) is 8.13. The second kappa shape index (κ2) is 8.71. The molecule has 0 radical (unpaired) electrons. The predicted octanol–water partition coefficient (Wildman–Crippen LogP) is 4.99. The van der Waals surface area contributed by atoms with Crippen LogP contribution in [0.2, 0.25) is 0 Å². The minimum Gasteiger partial charge on any atom is -0.370 e. The van der Waals surface area contributed by atoms with E-state index in [1.807, 2.05) is 6.20 Å². The quantitative estimate of drug-likeness (QED) is 0.450. The van der Waals surface area contributed by atoms with E-state index in [9.17, 15) is 18.0 Å². The highest BCUT2D eigenvalue weighted by molar-refractivity contribution is 9.10. The van der Waals surface area contributed by atoms with Crippen molar-refractivity contribution in [3.8, 4) is 0 Å². The van der Waals surface area contributed by atoms with Gasteiger partial charge in [0.25, 0.3) is 0 Å². The van der Waals surface area contributed by atoms with Crippen LogP contribution in [0.4, 0.5) is 18.9 Å². The third kappa shape index (κ3) is 4.14. The summed E-state index contributed by atoms with van der Waals surface area (Å²) in [5.41, 5.74) is 3.44. The van der Waals surface area contributed by atoms with Crippen LogP contribution in [0.15, 0.2) is 28.9 Å². The maximum absolute atomic E-state index is 13.4. The van der Waals surface area contributed by atoms with Gasteiger partial charge in [-0.3, -0.25) is 9.78 Å². The number of amides is 1. The largest absolute Gasteiger partial charge is 0.451 e. The second-order valence-corrected chi connectivity index (χ2v) is 11.0. The Morgan fingerprint density at radius 2 is 1.92 bits per heavy atom. The summed E-state index contributed by atoms with van der Waals surface area (Å²) < 4.78 is 41.5. The molecule has 0 N–H and O–H groups in total. The number of benzene rings is 1. The van der Waals surface area contributed by atoms with Crippen LogP contribution in [0.3, 0.4) is 0 Å². The lowest BCUT2D eigenvalue weighted by molar-refractivity contribution is -0.148. The molecular weight excluding hydrogens is 537 g/mol. The van der Waals surface area contributed by atoms with E-state index in [0.29, 0.717) is 25.4 Å². The molecule has 1 saturated carbocycles. The number of hydrogen-bond donors (Lipinski definition) is 0. The molecule has 11 heteroatoms. The minimum absolute atomic E-state index is 0.0160. The molecule has 190 valence electrons. The van der Waals surface area contributed by atoms with E-state index < -0.39 is 12.0 Å². The fourth-order valence-corrected chi connectivity index (χ4v) is 6.24. The molecule has 3 aromatic rings. The maximum atomic E-state index is 13.4. The SMILES string of the molecule is CC1CN(c2c(Br)cnc3cc(C4CC4)ccc23)CCC1C(=O)N1CCn2c(nnc2C(F)(F)F)C1. The van der Waals surface area contributed by atoms with E-state index in [1.54, 1.807) is 4.90 Å². The van der Waals surface area contributed by atoms with Crippen LogP contribution in [0.1, 0.15) is 49.3 Å². The first-order chi connectivity index (χ1) is 17.2. The van der Waals surface area contributed by atoms with Crippen LogP contribution in [0.5, 0.6) is 0 Å². The third-order valence-corrected chi connectivity index (χ3v) is 8.31. The first kappa shape index (κ1) is 23.7. The van der Waals surface area contributed by atoms with E-state index in [2.05, 4.69) is 61.1 Å². The van der Waals surface area contributed by atoms with Crippen LogP contribution in [-0.2, 0) is 24.1 Å². The Morgan fingerprint density at radius 1 is 1.11 bits per heavy atom. The average Bonchev–Trinajstić information content (AvgIpc) is 3.60. The van der Waals surface area contributed by atoms with Gasteiger partial charge >= 0.3 is 6.18 Å². The van der Waals surface area contributed by atoms with Gasteiger partial charge < -0.3 is 14.4 Å². The molecule has 36 heavy (non-hydrogen) atoms. The summed E-state index contributed by atoms with van der Waals surface area (Å²) in [6.45, 7) is 3.83. The van der Waals surface area contributed by atoms with Crippen molar-refractivity contribution in [1.29, 1.82) is 0 Å².